The monoisotopic (exact) mass is 247 g/mol. The molecule has 2 rings (SSSR count). The Labute approximate surface area is 106 Å². The molecular weight excluding hydrogens is 230 g/mol. The van der Waals surface area contributed by atoms with Crippen molar-refractivity contribution in [3.8, 4) is 0 Å². The lowest BCUT2D eigenvalue weighted by Crippen LogP contribution is -2.28. The van der Waals surface area contributed by atoms with Crippen LogP contribution >= 0.6 is 11.3 Å². The first-order valence-corrected chi connectivity index (χ1v) is 6.55. The molecule has 2 aromatic heterocycles. The Balaban J connectivity index is 2.04. The first-order chi connectivity index (χ1) is 8.31. The van der Waals surface area contributed by atoms with Crippen LogP contribution in [0.5, 0.6) is 0 Å². The number of aromatic nitrogens is 1. The summed E-state index contributed by atoms with van der Waals surface area (Å²) in [5.41, 5.74) is 8.24. The number of aryl methyl sites for hydroxylation is 1. The van der Waals surface area contributed by atoms with Crippen molar-refractivity contribution < 1.29 is 0 Å². The maximum absolute atomic E-state index is 5.83. The van der Waals surface area contributed by atoms with Crippen molar-refractivity contribution in [1.29, 1.82) is 0 Å². The van der Waals surface area contributed by atoms with Gasteiger partial charge in [-0.1, -0.05) is 6.07 Å². The molecular formula is C13H17N3S. The molecule has 0 amide bonds. The normalized spacial score (nSPS) is 12.6. The van der Waals surface area contributed by atoms with Crippen molar-refractivity contribution in [3.05, 3.63) is 52.0 Å². The highest BCUT2D eigenvalue weighted by Crippen LogP contribution is 2.16. The van der Waals surface area contributed by atoms with Crippen LogP contribution in [0, 0.1) is 6.92 Å². The SMILES string of the molecule is Cc1ccncc1C(CN)NCc1cccs1. The summed E-state index contributed by atoms with van der Waals surface area (Å²) in [6.45, 7) is 3.53. The van der Waals surface area contributed by atoms with Crippen LogP contribution in [-0.2, 0) is 6.54 Å². The molecule has 0 fully saturated rings. The Kier molecular flexibility index (Phi) is 4.25. The first kappa shape index (κ1) is 12.2. The van der Waals surface area contributed by atoms with Crippen LogP contribution in [0.15, 0.2) is 36.0 Å². The molecule has 4 heteroatoms. The zero-order chi connectivity index (χ0) is 12.1. The molecule has 90 valence electrons. The topological polar surface area (TPSA) is 50.9 Å². The van der Waals surface area contributed by atoms with Gasteiger partial charge in [0.15, 0.2) is 0 Å². The Bertz CT molecular complexity index is 453. The second kappa shape index (κ2) is 5.91. The molecule has 3 N–H and O–H groups in total. The van der Waals surface area contributed by atoms with Crippen molar-refractivity contribution in [3.63, 3.8) is 0 Å². The van der Waals surface area contributed by atoms with Crippen LogP contribution in [0.25, 0.3) is 0 Å². The molecule has 0 aliphatic heterocycles. The van der Waals surface area contributed by atoms with E-state index in [1.165, 1.54) is 16.0 Å². The summed E-state index contributed by atoms with van der Waals surface area (Å²) in [6, 6.07) is 6.38. The van der Waals surface area contributed by atoms with Crippen LogP contribution in [0.1, 0.15) is 22.0 Å². The first-order valence-electron chi connectivity index (χ1n) is 5.67. The van der Waals surface area contributed by atoms with Gasteiger partial charge in [0.05, 0.1) is 0 Å². The Morgan fingerprint density at radius 3 is 3.00 bits per heavy atom. The molecule has 3 nitrogen and oxygen atoms in total. The molecule has 2 aromatic rings. The third-order valence-corrected chi connectivity index (χ3v) is 3.67. The summed E-state index contributed by atoms with van der Waals surface area (Å²) in [7, 11) is 0. The van der Waals surface area contributed by atoms with E-state index in [4.69, 9.17) is 5.73 Å². The minimum absolute atomic E-state index is 0.172. The van der Waals surface area contributed by atoms with Gasteiger partial charge in [0.1, 0.15) is 0 Å². The van der Waals surface area contributed by atoms with Gasteiger partial charge in [-0.3, -0.25) is 4.98 Å². The molecule has 17 heavy (non-hydrogen) atoms. The molecule has 2 heterocycles. The van der Waals surface area contributed by atoms with E-state index in [2.05, 4.69) is 34.7 Å². The Hall–Kier alpha value is -1.23. The predicted octanol–water partition coefficient (Wildman–Crippen LogP) is 2.24. The van der Waals surface area contributed by atoms with Crippen molar-refractivity contribution in [2.24, 2.45) is 5.73 Å². The lowest BCUT2D eigenvalue weighted by atomic mass is 10.0. The van der Waals surface area contributed by atoms with E-state index < -0.39 is 0 Å². The molecule has 0 aliphatic carbocycles. The summed E-state index contributed by atoms with van der Waals surface area (Å²) in [4.78, 5) is 5.49. The van der Waals surface area contributed by atoms with Crippen LogP contribution in [0.3, 0.4) is 0 Å². The fourth-order valence-corrected chi connectivity index (χ4v) is 2.45. The van der Waals surface area contributed by atoms with Crippen molar-refractivity contribution in [2.45, 2.75) is 19.5 Å². The minimum Gasteiger partial charge on any atom is -0.329 e. The third-order valence-electron chi connectivity index (χ3n) is 2.79. The average molecular weight is 247 g/mol. The van der Waals surface area contributed by atoms with Gasteiger partial charge < -0.3 is 11.1 Å². The largest absolute Gasteiger partial charge is 0.329 e. The smallest absolute Gasteiger partial charge is 0.0465 e. The highest BCUT2D eigenvalue weighted by molar-refractivity contribution is 7.09. The molecule has 1 unspecified atom stereocenters. The summed E-state index contributed by atoms with van der Waals surface area (Å²) in [5, 5.41) is 5.56. The lowest BCUT2D eigenvalue weighted by molar-refractivity contribution is 0.541. The average Bonchev–Trinajstić information content (AvgIpc) is 2.85. The summed E-state index contributed by atoms with van der Waals surface area (Å²) >= 11 is 1.76. The quantitative estimate of drug-likeness (QED) is 0.852. The number of hydrogen-bond acceptors (Lipinski definition) is 4. The zero-order valence-electron chi connectivity index (χ0n) is 9.89. The maximum atomic E-state index is 5.83. The van der Waals surface area contributed by atoms with Gasteiger partial charge in [-0.05, 0) is 35.6 Å². The Morgan fingerprint density at radius 2 is 2.35 bits per heavy atom. The van der Waals surface area contributed by atoms with Gasteiger partial charge in [-0.15, -0.1) is 11.3 Å². The van der Waals surface area contributed by atoms with Crippen molar-refractivity contribution in [1.82, 2.24) is 10.3 Å². The molecule has 1 atom stereocenters. The van der Waals surface area contributed by atoms with E-state index in [1.54, 1.807) is 11.3 Å². The molecule has 0 aromatic carbocycles. The number of nitrogens with two attached hydrogens (primary N) is 1. The Morgan fingerprint density at radius 1 is 1.47 bits per heavy atom. The fraction of sp³-hybridized carbons (Fsp3) is 0.308. The van der Waals surface area contributed by atoms with E-state index >= 15 is 0 Å². The lowest BCUT2D eigenvalue weighted by Gasteiger charge is -2.18. The molecule has 0 saturated heterocycles. The van der Waals surface area contributed by atoms with E-state index in [1.807, 2.05) is 18.5 Å². The minimum atomic E-state index is 0.172. The van der Waals surface area contributed by atoms with Gasteiger partial charge in [0.2, 0.25) is 0 Å². The second-order valence-corrected chi connectivity index (χ2v) is 5.01. The van der Waals surface area contributed by atoms with E-state index in [0.29, 0.717) is 6.54 Å². The highest BCUT2D eigenvalue weighted by Gasteiger charge is 2.11. The predicted molar refractivity (Wildman–Crippen MR) is 71.9 cm³/mol. The van der Waals surface area contributed by atoms with E-state index in [9.17, 15) is 0 Å². The molecule has 0 spiro atoms. The van der Waals surface area contributed by atoms with Gasteiger partial charge >= 0.3 is 0 Å². The summed E-state index contributed by atoms with van der Waals surface area (Å²) in [6.07, 6.45) is 3.71. The van der Waals surface area contributed by atoms with Crippen LogP contribution < -0.4 is 11.1 Å². The highest BCUT2D eigenvalue weighted by atomic mass is 32.1. The molecule has 0 bridgehead atoms. The number of nitrogens with zero attached hydrogens (tertiary/aromatic N) is 1. The van der Waals surface area contributed by atoms with Gasteiger partial charge in [0, 0.05) is 36.4 Å². The number of pyridine rings is 1. The van der Waals surface area contributed by atoms with Gasteiger partial charge in [-0.25, -0.2) is 0 Å². The van der Waals surface area contributed by atoms with Gasteiger partial charge in [0.25, 0.3) is 0 Å². The number of rotatable bonds is 5. The van der Waals surface area contributed by atoms with Crippen LogP contribution in [0.4, 0.5) is 0 Å². The van der Waals surface area contributed by atoms with E-state index in [0.717, 1.165) is 6.54 Å². The summed E-state index contributed by atoms with van der Waals surface area (Å²) < 4.78 is 0. The summed E-state index contributed by atoms with van der Waals surface area (Å²) in [5.74, 6) is 0. The van der Waals surface area contributed by atoms with Crippen molar-refractivity contribution >= 4 is 11.3 Å². The zero-order valence-corrected chi connectivity index (χ0v) is 10.7. The molecule has 0 saturated carbocycles. The number of thiophene rings is 1. The fourth-order valence-electron chi connectivity index (χ4n) is 1.80. The van der Waals surface area contributed by atoms with E-state index in [-0.39, 0.29) is 6.04 Å². The number of hydrogen-bond donors (Lipinski definition) is 2. The molecule has 0 radical (unpaired) electrons. The van der Waals surface area contributed by atoms with Crippen LogP contribution in [-0.4, -0.2) is 11.5 Å². The van der Waals surface area contributed by atoms with Crippen molar-refractivity contribution in [2.75, 3.05) is 6.54 Å². The second-order valence-electron chi connectivity index (χ2n) is 3.98. The third kappa shape index (κ3) is 3.12. The number of nitrogens with one attached hydrogen (secondary N) is 1. The van der Waals surface area contributed by atoms with Crippen LogP contribution in [0.2, 0.25) is 0 Å². The molecule has 0 aliphatic rings. The van der Waals surface area contributed by atoms with Gasteiger partial charge in [-0.2, -0.15) is 0 Å². The maximum Gasteiger partial charge on any atom is 0.0465 e. The standard InChI is InChI=1S/C13H17N3S/c1-10-4-5-15-9-12(10)13(7-14)16-8-11-3-2-6-17-11/h2-6,9,13,16H,7-8,14H2,1H3.